The number of anilines is 2. The van der Waals surface area contributed by atoms with E-state index in [-0.39, 0.29) is 23.3 Å². The van der Waals surface area contributed by atoms with Crippen molar-refractivity contribution in [2.75, 3.05) is 30.3 Å². The highest BCUT2D eigenvalue weighted by Gasteiger charge is 2.38. The van der Waals surface area contributed by atoms with Gasteiger partial charge in [-0.15, -0.1) is 11.3 Å². The van der Waals surface area contributed by atoms with Gasteiger partial charge in [-0.1, -0.05) is 37.3 Å². The summed E-state index contributed by atoms with van der Waals surface area (Å²) in [5, 5.41) is 6.21. The van der Waals surface area contributed by atoms with E-state index in [0.717, 1.165) is 47.6 Å². The fraction of sp³-hybridized carbons (Fsp3) is 0.345. The molecule has 2 aromatic heterocycles. The van der Waals surface area contributed by atoms with Crippen LogP contribution in [0.1, 0.15) is 36.6 Å². The third-order valence-electron chi connectivity index (χ3n) is 7.10. The van der Waals surface area contributed by atoms with E-state index in [1.807, 2.05) is 37.3 Å². The SMILES string of the molecule is [C-]#[N+]c1cc(-c2cccc([C@H](C)C(=O)Nc3ncc(CC)s3)c2)cnc1NC(=O)/C=C/CN1CC2CC1CO2. The number of fused-ring (bicyclic) bond motifs is 2. The summed E-state index contributed by atoms with van der Waals surface area (Å²) < 4.78 is 5.61. The number of hydrogen-bond donors (Lipinski definition) is 2. The minimum absolute atomic E-state index is 0.138. The molecule has 2 amide bonds. The van der Waals surface area contributed by atoms with Gasteiger partial charge in [0.2, 0.25) is 17.5 Å². The van der Waals surface area contributed by atoms with E-state index in [1.54, 1.807) is 18.5 Å². The number of aryl methyl sites for hydroxylation is 1. The van der Waals surface area contributed by atoms with E-state index >= 15 is 0 Å². The van der Waals surface area contributed by atoms with Gasteiger partial charge in [0.05, 0.1) is 25.2 Å². The number of thiazole rings is 1. The molecule has 39 heavy (non-hydrogen) atoms. The van der Waals surface area contributed by atoms with Crippen molar-refractivity contribution in [3.63, 3.8) is 0 Å². The number of nitrogens with one attached hydrogen (secondary N) is 2. The standard InChI is InChI=1S/C29H30N6O3S/c1-4-24-15-32-29(39-24)34-28(37)18(2)19-7-5-8-20(11-19)21-12-25(30-3)27(31-14-21)33-26(36)9-6-10-35-16-23-13-22(35)17-38-23/h5-9,11-12,14-15,18,22-23H,4,10,13,16-17H2,1-2H3,(H,31,33,36)(H,32,34,37)/b9-6+/t18-,22?,23?/m0/s1. The maximum Gasteiger partial charge on any atom is 0.248 e. The molecule has 2 fully saturated rings. The number of rotatable bonds is 9. The van der Waals surface area contributed by atoms with Crippen molar-refractivity contribution >= 4 is 39.8 Å². The normalized spacial score (nSPS) is 19.2. The third kappa shape index (κ3) is 6.23. The number of hydrogen-bond acceptors (Lipinski definition) is 7. The van der Waals surface area contributed by atoms with Gasteiger partial charge >= 0.3 is 0 Å². The van der Waals surface area contributed by atoms with Crippen LogP contribution in [0.25, 0.3) is 16.0 Å². The summed E-state index contributed by atoms with van der Waals surface area (Å²) in [6.45, 7) is 13.9. The monoisotopic (exact) mass is 542 g/mol. The molecule has 2 aliphatic heterocycles. The van der Waals surface area contributed by atoms with E-state index in [2.05, 4.69) is 37.3 Å². The Labute approximate surface area is 231 Å². The number of morpholine rings is 1. The molecular weight excluding hydrogens is 512 g/mol. The molecule has 2 bridgehead atoms. The number of ether oxygens (including phenoxy) is 1. The van der Waals surface area contributed by atoms with Crippen LogP contribution in [0.2, 0.25) is 0 Å². The van der Waals surface area contributed by atoms with E-state index in [4.69, 9.17) is 11.3 Å². The highest BCUT2D eigenvalue weighted by molar-refractivity contribution is 7.15. The highest BCUT2D eigenvalue weighted by Crippen LogP contribution is 2.31. The van der Waals surface area contributed by atoms with Crippen molar-refractivity contribution in [3.05, 3.63) is 76.7 Å². The molecule has 3 aromatic rings. The maximum atomic E-state index is 12.8. The largest absolute Gasteiger partial charge is 0.375 e. The second-order valence-electron chi connectivity index (χ2n) is 9.72. The van der Waals surface area contributed by atoms with Crippen LogP contribution in [-0.4, -0.2) is 58.5 Å². The second kappa shape index (κ2) is 11.9. The summed E-state index contributed by atoms with van der Waals surface area (Å²) in [6.07, 6.45) is 8.99. The molecule has 1 aromatic carbocycles. The zero-order valence-electron chi connectivity index (χ0n) is 21.9. The quantitative estimate of drug-likeness (QED) is 0.291. The Morgan fingerprint density at radius 2 is 2.13 bits per heavy atom. The van der Waals surface area contributed by atoms with Crippen molar-refractivity contribution in [1.29, 1.82) is 0 Å². The molecule has 0 radical (unpaired) electrons. The van der Waals surface area contributed by atoms with Gasteiger partial charge in [-0.05, 0) is 42.5 Å². The van der Waals surface area contributed by atoms with Gasteiger partial charge in [-0.3, -0.25) is 19.5 Å². The predicted octanol–water partition coefficient (Wildman–Crippen LogP) is 5.03. The third-order valence-corrected chi connectivity index (χ3v) is 8.16. The Morgan fingerprint density at radius 3 is 2.85 bits per heavy atom. The Balaban J connectivity index is 1.23. The molecule has 0 saturated carbocycles. The number of amides is 2. The van der Waals surface area contributed by atoms with E-state index in [1.165, 1.54) is 17.4 Å². The number of carbonyl (C=O) groups excluding carboxylic acids is 2. The van der Waals surface area contributed by atoms with Crippen molar-refractivity contribution in [1.82, 2.24) is 14.9 Å². The molecular formula is C29H30N6O3S. The smallest absolute Gasteiger partial charge is 0.248 e. The van der Waals surface area contributed by atoms with Gasteiger partial charge in [-0.25, -0.2) is 9.83 Å². The van der Waals surface area contributed by atoms with Crippen LogP contribution in [-0.2, 0) is 20.7 Å². The van der Waals surface area contributed by atoms with Crippen molar-refractivity contribution in [3.8, 4) is 11.1 Å². The Hall–Kier alpha value is -3.91. The molecule has 2 N–H and O–H groups in total. The molecule has 2 aliphatic rings. The lowest BCUT2D eigenvalue weighted by Gasteiger charge is -2.24. The van der Waals surface area contributed by atoms with Crippen LogP contribution in [0.4, 0.5) is 16.6 Å². The maximum absolute atomic E-state index is 12.8. The minimum Gasteiger partial charge on any atom is -0.375 e. The molecule has 9 nitrogen and oxygen atoms in total. The first kappa shape index (κ1) is 26.7. The zero-order valence-corrected chi connectivity index (χ0v) is 22.7. The van der Waals surface area contributed by atoms with Crippen LogP contribution in [0.5, 0.6) is 0 Å². The van der Waals surface area contributed by atoms with Crippen LogP contribution in [0, 0.1) is 6.57 Å². The summed E-state index contributed by atoms with van der Waals surface area (Å²) >= 11 is 1.48. The molecule has 4 heterocycles. The van der Waals surface area contributed by atoms with Crippen LogP contribution in [0.15, 0.2) is 54.9 Å². The van der Waals surface area contributed by atoms with E-state index in [9.17, 15) is 9.59 Å². The minimum atomic E-state index is -0.402. The van der Waals surface area contributed by atoms with Gasteiger partial charge in [-0.2, -0.15) is 0 Å². The lowest BCUT2D eigenvalue weighted by molar-refractivity contribution is -0.117. The predicted molar refractivity (Wildman–Crippen MR) is 152 cm³/mol. The summed E-state index contributed by atoms with van der Waals surface area (Å²) in [6, 6.07) is 9.75. The Bertz CT molecular complexity index is 1440. The van der Waals surface area contributed by atoms with Gasteiger partial charge in [0, 0.05) is 42.5 Å². The fourth-order valence-electron chi connectivity index (χ4n) is 4.83. The van der Waals surface area contributed by atoms with Gasteiger partial charge in [0.1, 0.15) is 5.82 Å². The first-order chi connectivity index (χ1) is 18.9. The van der Waals surface area contributed by atoms with E-state index < -0.39 is 5.92 Å². The fourth-order valence-corrected chi connectivity index (χ4v) is 5.59. The van der Waals surface area contributed by atoms with Crippen molar-refractivity contribution < 1.29 is 14.3 Å². The number of nitrogens with zero attached hydrogens (tertiary/aromatic N) is 4. The number of aromatic nitrogens is 2. The Morgan fingerprint density at radius 1 is 1.26 bits per heavy atom. The average molecular weight is 543 g/mol. The average Bonchev–Trinajstić information content (AvgIpc) is 3.70. The number of carbonyl (C=O) groups is 2. The summed E-state index contributed by atoms with van der Waals surface area (Å²) in [5.41, 5.74) is 2.63. The van der Waals surface area contributed by atoms with Crippen molar-refractivity contribution in [2.24, 2.45) is 0 Å². The number of pyridine rings is 1. The molecule has 5 rings (SSSR count). The van der Waals surface area contributed by atoms with Crippen molar-refractivity contribution in [2.45, 2.75) is 44.8 Å². The lowest BCUT2D eigenvalue weighted by atomic mass is 9.96. The number of likely N-dealkylation sites (tertiary alicyclic amines) is 1. The van der Waals surface area contributed by atoms with Gasteiger partial charge in [0.15, 0.2) is 5.13 Å². The molecule has 200 valence electrons. The zero-order chi connectivity index (χ0) is 27.4. The topological polar surface area (TPSA) is 101 Å². The van der Waals surface area contributed by atoms with Crippen LogP contribution >= 0.6 is 11.3 Å². The summed E-state index contributed by atoms with van der Waals surface area (Å²) in [4.78, 5) is 41.0. The summed E-state index contributed by atoms with van der Waals surface area (Å²) in [5.74, 6) is -0.647. The molecule has 2 unspecified atom stereocenters. The Kier molecular flexibility index (Phi) is 8.12. The molecule has 0 aliphatic carbocycles. The van der Waals surface area contributed by atoms with Crippen LogP contribution in [0.3, 0.4) is 0 Å². The van der Waals surface area contributed by atoms with Gasteiger partial charge in [0.25, 0.3) is 0 Å². The molecule has 0 spiro atoms. The van der Waals surface area contributed by atoms with Crippen LogP contribution < -0.4 is 10.6 Å². The first-order valence-corrected chi connectivity index (χ1v) is 13.8. The summed E-state index contributed by atoms with van der Waals surface area (Å²) in [7, 11) is 0. The molecule has 2 saturated heterocycles. The first-order valence-electron chi connectivity index (χ1n) is 13.0. The number of benzene rings is 1. The second-order valence-corrected chi connectivity index (χ2v) is 10.8. The van der Waals surface area contributed by atoms with E-state index in [0.29, 0.717) is 23.8 Å². The molecule has 3 atom stereocenters. The highest BCUT2D eigenvalue weighted by atomic mass is 32.1. The van der Waals surface area contributed by atoms with Gasteiger partial charge < -0.3 is 15.4 Å². The molecule has 10 heteroatoms. The lowest BCUT2D eigenvalue weighted by Crippen LogP contribution is -2.36.